The molecule has 1 rings (SSSR count). The largest absolute Gasteiger partial charge is 0.466 e. The van der Waals surface area contributed by atoms with E-state index in [9.17, 15) is 14.0 Å². The number of ether oxygens (including phenoxy) is 1. The maximum Gasteiger partial charge on any atom is 0.307 e. The molecule has 0 bridgehead atoms. The van der Waals surface area contributed by atoms with Gasteiger partial charge in [0, 0.05) is 12.1 Å². The smallest absolute Gasteiger partial charge is 0.307 e. The van der Waals surface area contributed by atoms with E-state index in [0.29, 0.717) is 12.2 Å². The lowest BCUT2D eigenvalue weighted by molar-refractivity contribution is -0.143. The van der Waals surface area contributed by atoms with E-state index in [1.54, 1.807) is 0 Å². The van der Waals surface area contributed by atoms with Crippen LogP contribution in [0, 0.1) is 5.82 Å². The molecule has 0 unspecified atom stereocenters. The van der Waals surface area contributed by atoms with E-state index in [2.05, 4.69) is 12.2 Å². The maximum absolute atomic E-state index is 12.8. The molecule has 1 aromatic rings. The fraction of sp³-hybridized carbons (Fsp3) is 0.619. The van der Waals surface area contributed by atoms with Gasteiger partial charge in [0.2, 0.25) is 0 Å². The van der Waals surface area contributed by atoms with Crippen molar-refractivity contribution in [3.63, 3.8) is 0 Å². The molecule has 0 radical (unpaired) electrons. The summed E-state index contributed by atoms with van der Waals surface area (Å²) in [7, 11) is 0. The van der Waals surface area contributed by atoms with Gasteiger partial charge in [0.05, 0.1) is 13.0 Å². The summed E-state index contributed by atoms with van der Waals surface area (Å²) in [6, 6.07) is 5.28. The van der Waals surface area contributed by atoms with Crippen molar-refractivity contribution in [2.75, 3.05) is 13.2 Å². The molecule has 26 heavy (non-hydrogen) atoms. The number of unbranched alkanes of at least 4 members (excludes halogenated alkanes) is 8. The molecule has 4 nitrogen and oxygen atoms in total. The first kappa shape index (κ1) is 22.1. The SMILES string of the molecule is CCCCCCCCCCCOC(=O)CCNC(=O)c1ccc(F)cc1. The van der Waals surface area contributed by atoms with Crippen LogP contribution >= 0.6 is 0 Å². The van der Waals surface area contributed by atoms with E-state index < -0.39 is 0 Å². The first-order valence-electron chi connectivity index (χ1n) is 9.83. The van der Waals surface area contributed by atoms with Gasteiger partial charge in [0.25, 0.3) is 5.91 Å². The monoisotopic (exact) mass is 365 g/mol. The van der Waals surface area contributed by atoms with E-state index in [1.165, 1.54) is 69.2 Å². The van der Waals surface area contributed by atoms with E-state index in [-0.39, 0.29) is 30.7 Å². The molecular weight excluding hydrogens is 333 g/mol. The minimum Gasteiger partial charge on any atom is -0.466 e. The summed E-state index contributed by atoms with van der Waals surface area (Å²) in [5.74, 6) is -1.01. The Hall–Kier alpha value is -1.91. The fourth-order valence-corrected chi connectivity index (χ4v) is 2.65. The molecule has 0 heterocycles. The Morgan fingerprint density at radius 2 is 1.50 bits per heavy atom. The highest BCUT2D eigenvalue weighted by atomic mass is 19.1. The summed E-state index contributed by atoms with van der Waals surface area (Å²) in [6.07, 6.45) is 11.1. The van der Waals surface area contributed by atoms with Crippen LogP contribution in [0.5, 0.6) is 0 Å². The number of hydrogen-bond acceptors (Lipinski definition) is 3. The molecule has 0 aliphatic carbocycles. The molecule has 0 aromatic heterocycles. The third-order valence-corrected chi connectivity index (χ3v) is 4.23. The highest BCUT2D eigenvalue weighted by molar-refractivity contribution is 5.94. The van der Waals surface area contributed by atoms with Crippen molar-refractivity contribution in [2.45, 2.75) is 71.1 Å². The van der Waals surface area contributed by atoms with Gasteiger partial charge in [-0.2, -0.15) is 0 Å². The van der Waals surface area contributed by atoms with Crippen molar-refractivity contribution < 1.29 is 18.7 Å². The molecule has 0 aliphatic rings. The normalized spacial score (nSPS) is 10.5. The summed E-state index contributed by atoms with van der Waals surface area (Å²) in [5, 5.41) is 2.63. The lowest BCUT2D eigenvalue weighted by Crippen LogP contribution is -2.26. The van der Waals surface area contributed by atoms with Crippen LogP contribution in [-0.4, -0.2) is 25.0 Å². The van der Waals surface area contributed by atoms with Gasteiger partial charge in [-0.25, -0.2) is 4.39 Å². The molecule has 0 saturated heterocycles. The van der Waals surface area contributed by atoms with Crippen molar-refractivity contribution in [1.82, 2.24) is 5.32 Å². The number of benzene rings is 1. The number of esters is 1. The van der Waals surface area contributed by atoms with Crippen molar-refractivity contribution in [3.8, 4) is 0 Å². The molecule has 1 N–H and O–H groups in total. The molecule has 0 atom stereocenters. The second-order valence-electron chi connectivity index (χ2n) is 6.56. The van der Waals surface area contributed by atoms with Crippen LogP contribution in [0.1, 0.15) is 81.5 Å². The number of carbonyl (C=O) groups is 2. The van der Waals surface area contributed by atoms with Crippen LogP contribution < -0.4 is 5.32 Å². The predicted octanol–water partition coefficient (Wildman–Crippen LogP) is 5.02. The number of amides is 1. The topological polar surface area (TPSA) is 55.4 Å². The van der Waals surface area contributed by atoms with E-state index in [4.69, 9.17) is 4.74 Å². The molecule has 1 amide bonds. The second kappa shape index (κ2) is 14.3. The molecule has 0 saturated carbocycles. The molecule has 0 aliphatic heterocycles. The van der Waals surface area contributed by atoms with Gasteiger partial charge in [0.1, 0.15) is 5.82 Å². The lowest BCUT2D eigenvalue weighted by Gasteiger charge is -2.07. The lowest BCUT2D eigenvalue weighted by atomic mass is 10.1. The highest BCUT2D eigenvalue weighted by Crippen LogP contribution is 2.09. The van der Waals surface area contributed by atoms with Gasteiger partial charge in [-0.3, -0.25) is 9.59 Å². The van der Waals surface area contributed by atoms with Crippen molar-refractivity contribution in [1.29, 1.82) is 0 Å². The average Bonchev–Trinajstić information content (AvgIpc) is 2.63. The summed E-state index contributed by atoms with van der Waals surface area (Å²) in [4.78, 5) is 23.4. The van der Waals surface area contributed by atoms with Crippen molar-refractivity contribution >= 4 is 11.9 Å². The summed E-state index contributed by atoms with van der Waals surface area (Å²) in [6.45, 7) is 2.88. The first-order chi connectivity index (χ1) is 12.6. The van der Waals surface area contributed by atoms with E-state index >= 15 is 0 Å². The summed E-state index contributed by atoms with van der Waals surface area (Å²) >= 11 is 0. The Morgan fingerprint density at radius 1 is 0.923 bits per heavy atom. The zero-order valence-electron chi connectivity index (χ0n) is 15.9. The van der Waals surface area contributed by atoms with Gasteiger partial charge in [0.15, 0.2) is 0 Å². The van der Waals surface area contributed by atoms with Gasteiger partial charge >= 0.3 is 5.97 Å². The maximum atomic E-state index is 12.8. The second-order valence-corrected chi connectivity index (χ2v) is 6.56. The van der Waals surface area contributed by atoms with Gasteiger partial charge in [-0.15, -0.1) is 0 Å². The molecular formula is C21H32FNO3. The number of rotatable bonds is 14. The van der Waals surface area contributed by atoms with E-state index in [1.807, 2.05) is 0 Å². The van der Waals surface area contributed by atoms with Crippen LogP contribution in [0.3, 0.4) is 0 Å². The number of carbonyl (C=O) groups excluding carboxylic acids is 2. The van der Waals surface area contributed by atoms with Crippen LogP contribution in [0.25, 0.3) is 0 Å². The standard InChI is InChI=1S/C21H32FNO3/c1-2-3-4-5-6-7-8-9-10-17-26-20(24)15-16-23-21(25)18-11-13-19(22)14-12-18/h11-14H,2-10,15-17H2,1H3,(H,23,25). The molecule has 146 valence electrons. The Balaban J connectivity index is 1.95. The van der Waals surface area contributed by atoms with Crippen molar-refractivity contribution in [2.24, 2.45) is 0 Å². The van der Waals surface area contributed by atoms with Crippen LogP contribution in [-0.2, 0) is 9.53 Å². The quantitative estimate of drug-likeness (QED) is 0.372. The molecule has 5 heteroatoms. The van der Waals surface area contributed by atoms with Crippen LogP contribution in [0.15, 0.2) is 24.3 Å². The number of halogens is 1. The minimum absolute atomic E-state index is 0.143. The average molecular weight is 365 g/mol. The third-order valence-electron chi connectivity index (χ3n) is 4.23. The Morgan fingerprint density at radius 3 is 2.12 bits per heavy atom. The Labute approximate surface area is 156 Å². The fourth-order valence-electron chi connectivity index (χ4n) is 2.65. The van der Waals surface area contributed by atoms with Gasteiger partial charge < -0.3 is 10.1 Å². The Kier molecular flexibility index (Phi) is 12.2. The third kappa shape index (κ3) is 10.9. The minimum atomic E-state index is -0.387. The molecule has 1 aromatic carbocycles. The van der Waals surface area contributed by atoms with Crippen LogP contribution in [0.2, 0.25) is 0 Å². The zero-order valence-corrected chi connectivity index (χ0v) is 15.9. The summed E-state index contributed by atoms with van der Waals surface area (Å²) in [5.41, 5.74) is 0.370. The highest BCUT2D eigenvalue weighted by Gasteiger charge is 2.07. The molecule has 0 fully saturated rings. The van der Waals surface area contributed by atoms with E-state index in [0.717, 1.165) is 12.8 Å². The van der Waals surface area contributed by atoms with Crippen molar-refractivity contribution in [3.05, 3.63) is 35.6 Å². The van der Waals surface area contributed by atoms with Gasteiger partial charge in [-0.1, -0.05) is 58.3 Å². The molecule has 0 spiro atoms. The summed E-state index contributed by atoms with van der Waals surface area (Å²) < 4.78 is 18.0. The number of nitrogens with one attached hydrogen (secondary N) is 1. The zero-order chi connectivity index (χ0) is 19.0. The first-order valence-corrected chi connectivity index (χ1v) is 9.83. The van der Waals surface area contributed by atoms with Crippen LogP contribution in [0.4, 0.5) is 4.39 Å². The Bertz CT molecular complexity index is 516. The number of hydrogen-bond donors (Lipinski definition) is 1. The van der Waals surface area contributed by atoms with Gasteiger partial charge in [-0.05, 0) is 30.7 Å². The predicted molar refractivity (Wildman–Crippen MR) is 102 cm³/mol.